The van der Waals surface area contributed by atoms with E-state index in [9.17, 15) is 0 Å². The maximum absolute atomic E-state index is 5.46. The molecule has 1 heteroatoms. The number of hydrogen-bond donors (Lipinski definition) is 0. The summed E-state index contributed by atoms with van der Waals surface area (Å²) < 4.78 is 5.46. The lowest BCUT2D eigenvalue weighted by Gasteiger charge is -2.05. The third kappa shape index (κ3) is 9.96. The van der Waals surface area contributed by atoms with Gasteiger partial charge in [-0.1, -0.05) is 33.6 Å². The lowest BCUT2D eigenvalue weighted by Crippen LogP contribution is -1.98. The first-order valence-electron chi connectivity index (χ1n) is 5.14. The minimum atomic E-state index is 0.813. The van der Waals surface area contributed by atoms with Crippen LogP contribution in [0.5, 0.6) is 0 Å². The van der Waals surface area contributed by atoms with Gasteiger partial charge in [-0.05, 0) is 25.2 Å². The molecule has 1 nitrogen and oxygen atoms in total. The number of ether oxygens (including phenoxy) is 1. The van der Waals surface area contributed by atoms with Crippen molar-refractivity contribution in [2.24, 2.45) is 5.92 Å². The van der Waals surface area contributed by atoms with Crippen LogP contribution in [0.1, 0.15) is 46.0 Å². The fourth-order valence-electron chi connectivity index (χ4n) is 1.08. The van der Waals surface area contributed by atoms with Crippen molar-refractivity contribution in [2.45, 2.75) is 46.0 Å². The van der Waals surface area contributed by atoms with Gasteiger partial charge in [0.25, 0.3) is 0 Å². The van der Waals surface area contributed by atoms with E-state index in [1.165, 1.54) is 25.7 Å². The quantitative estimate of drug-likeness (QED) is 0.508. The second kappa shape index (κ2) is 9.05. The lowest BCUT2D eigenvalue weighted by atomic mass is 10.1. The van der Waals surface area contributed by atoms with Gasteiger partial charge in [-0.15, -0.1) is 0 Å². The maximum atomic E-state index is 5.46. The summed E-state index contributed by atoms with van der Waals surface area (Å²) in [7, 11) is 0. The van der Waals surface area contributed by atoms with Crippen molar-refractivity contribution < 1.29 is 4.74 Å². The Balaban J connectivity index is 2.82. The summed E-state index contributed by atoms with van der Waals surface area (Å²) in [6.45, 7) is 10.2. The second-order valence-electron chi connectivity index (χ2n) is 3.71. The van der Waals surface area contributed by atoms with E-state index in [1.807, 2.05) is 0 Å². The first-order chi connectivity index (χ1) is 5.77. The standard InChI is InChI=1S/C11H23O/c1-4-5-6-9-12-10-7-8-11(2)3/h11H,1,4-10H2,2-3H3. The highest BCUT2D eigenvalue weighted by Gasteiger charge is 1.93. The van der Waals surface area contributed by atoms with Gasteiger partial charge in [0.05, 0.1) is 0 Å². The van der Waals surface area contributed by atoms with Crippen molar-refractivity contribution in [3.8, 4) is 0 Å². The smallest absolute Gasteiger partial charge is 0.0466 e. The average Bonchev–Trinajstić information content (AvgIpc) is 2.02. The fourth-order valence-corrected chi connectivity index (χ4v) is 1.08. The predicted octanol–water partition coefficient (Wildman–Crippen LogP) is 3.44. The van der Waals surface area contributed by atoms with E-state index >= 15 is 0 Å². The van der Waals surface area contributed by atoms with Gasteiger partial charge in [0.15, 0.2) is 0 Å². The third-order valence-corrected chi connectivity index (χ3v) is 1.86. The van der Waals surface area contributed by atoms with Crippen LogP contribution in [-0.2, 0) is 4.74 Å². The highest BCUT2D eigenvalue weighted by Crippen LogP contribution is 2.03. The molecule has 0 amide bonds. The molecular formula is C11H23O. The number of unbranched alkanes of at least 4 members (excludes halogenated alkanes) is 2. The SMILES string of the molecule is [CH2]CCCCOCCCC(C)C. The monoisotopic (exact) mass is 171 g/mol. The topological polar surface area (TPSA) is 9.23 Å². The van der Waals surface area contributed by atoms with E-state index in [4.69, 9.17) is 4.74 Å². The van der Waals surface area contributed by atoms with E-state index in [2.05, 4.69) is 20.8 Å². The van der Waals surface area contributed by atoms with Gasteiger partial charge in [-0.2, -0.15) is 0 Å². The molecule has 0 rings (SSSR count). The molecule has 0 heterocycles. The van der Waals surface area contributed by atoms with Crippen molar-refractivity contribution in [3.63, 3.8) is 0 Å². The molecule has 0 aromatic rings. The zero-order chi connectivity index (χ0) is 9.23. The van der Waals surface area contributed by atoms with Crippen molar-refractivity contribution in [1.82, 2.24) is 0 Å². The van der Waals surface area contributed by atoms with Crippen LogP contribution in [0, 0.1) is 12.8 Å². The largest absolute Gasteiger partial charge is 0.381 e. The van der Waals surface area contributed by atoms with E-state index in [0.717, 1.165) is 25.6 Å². The van der Waals surface area contributed by atoms with Crippen LogP contribution in [0.3, 0.4) is 0 Å². The van der Waals surface area contributed by atoms with Gasteiger partial charge >= 0.3 is 0 Å². The summed E-state index contributed by atoms with van der Waals surface area (Å²) in [5, 5.41) is 0. The Morgan fingerprint density at radius 1 is 1.08 bits per heavy atom. The Morgan fingerprint density at radius 3 is 2.33 bits per heavy atom. The Kier molecular flexibility index (Phi) is 9.02. The lowest BCUT2D eigenvalue weighted by molar-refractivity contribution is 0.124. The van der Waals surface area contributed by atoms with E-state index in [0.29, 0.717) is 0 Å². The molecule has 0 spiro atoms. The molecule has 0 aliphatic heterocycles. The van der Waals surface area contributed by atoms with Gasteiger partial charge in [-0.3, -0.25) is 0 Å². The molecule has 12 heavy (non-hydrogen) atoms. The molecule has 0 unspecified atom stereocenters. The molecule has 0 saturated heterocycles. The first kappa shape index (κ1) is 12.0. The van der Waals surface area contributed by atoms with Gasteiger partial charge < -0.3 is 4.74 Å². The Bertz CT molecular complexity index is 79.1. The zero-order valence-electron chi connectivity index (χ0n) is 8.64. The van der Waals surface area contributed by atoms with Crippen molar-refractivity contribution >= 4 is 0 Å². The van der Waals surface area contributed by atoms with Crippen molar-refractivity contribution in [3.05, 3.63) is 6.92 Å². The summed E-state index contributed by atoms with van der Waals surface area (Å²) in [4.78, 5) is 0. The minimum Gasteiger partial charge on any atom is -0.381 e. The van der Waals surface area contributed by atoms with E-state index in [-0.39, 0.29) is 0 Å². The Hall–Kier alpha value is -0.0400. The van der Waals surface area contributed by atoms with Crippen LogP contribution in [0.15, 0.2) is 0 Å². The highest BCUT2D eigenvalue weighted by molar-refractivity contribution is 4.45. The van der Waals surface area contributed by atoms with Gasteiger partial charge in [0, 0.05) is 13.2 Å². The van der Waals surface area contributed by atoms with Gasteiger partial charge in [0.2, 0.25) is 0 Å². The molecule has 0 aliphatic carbocycles. The zero-order valence-corrected chi connectivity index (χ0v) is 8.64. The van der Waals surface area contributed by atoms with Gasteiger partial charge in [0.1, 0.15) is 0 Å². The number of hydrogen-bond acceptors (Lipinski definition) is 1. The molecule has 73 valence electrons. The molecule has 0 fully saturated rings. The third-order valence-electron chi connectivity index (χ3n) is 1.86. The normalized spacial score (nSPS) is 11.0. The molecular weight excluding hydrogens is 148 g/mol. The van der Waals surface area contributed by atoms with E-state index in [1.54, 1.807) is 0 Å². The Morgan fingerprint density at radius 2 is 1.75 bits per heavy atom. The van der Waals surface area contributed by atoms with Gasteiger partial charge in [-0.25, -0.2) is 0 Å². The van der Waals surface area contributed by atoms with Crippen LogP contribution in [-0.4, -0.2) is 13.2 Å². The fraction of sp³-hybridized carbons (Fsp3) is 0.909. The predicted molar refractivity (Wildman–Crippen MR) is 54.1 cm³/mol. The summed E-state index contributed by atoms with van der Waals surface area (Å²) in [6, 6.07) is 0. The van der Waals surface area contributed by atoms with Crippen molar-refractivity contribution in [2.75, 3.05) is 13.2 Å². The van der Waals surface area contributed by atoms with E-state index < -0.39 is 0 Å². The molecule has 0 saturated carbocycles. The highest BCUT2D eigenvalue weighted by atomic mass is 16.5. The van der Waals surface area contributed by atoms with Crippen LogP contribution < -0.4 is 0 Å². The first-order valence-corrected chi connectivity index (χ1v) is 5.14. The average molecular weight is 171 g/mol. The molecule has 0 atom stereocenters. The molecule has 0 aromatic heterocycles. The van der Waals surface area contributed by atoms with Crippen LogP contribution in [0.2, 0.25) is 0 Å². The van der Waals surface area contributed by atoms with Crippen LogP contribution in [0.25, 0.3) is 0 Å². The minimum absolute atomic E-state index is 0.813. The number of rotatable bonds is 8. The van der Waals surface area contributed by atoms with Crippen molar-refractivity contribution in [1.29, 1.82) is 0 Å². The van der Waals surface area contributed by atoms with Crippen LogP contribution in [0.4, 0.5) is 0 Å². The maximum Gasteiger partial charge on any atom is 0.0466 e. The molecule has 0 aromatic carbocycles. The summed E-state index contributed by atoms with van der Waals surface area (Å²) in [5.41, 5.74) is 0. The second-order valence-corrected chi connectivity index (χ2v) is 3.71. The Labute approximate surface area is 77.5 Å². The molecule has 0 bridgehead atoms. The summed E-state index contributed by atoms with van der Waals surface area (Å²) in [6.07, 6.45) is 5.90. The van der Waals surface area contributed by atoms with Crippen LogP contribution >= 0.6 is 0 Å². The molecule has 1 radical (unpaired) electrons. The molecule has 0 aliphatic rings. The molecule has 0 N–H and O–H groups in total. The summed E-state index contributed by atoms with van der Waals surface area (Å²) >= 11 is 0. The summed E-state index contributed by atoms with van der Waals surface area (Å²) in [5.74, 6) is 0.813.